The smallest absolute Gasteiger partial charge is 0.356 e. The quantitative estimate of drug-likeness (QED) is 0.120. The molecular formula is C30H30N10O10Ta. The first-order valence-electron chi connectivity index (χ1n) is 13.3. The van der Waals surface area contributed by atoms with Crippen molar-refractivity contribution >= 4 is 58.3 Å². The molecule has 0 aliphatic carbocycles. The third-order valence-corrected chi connectivity index (χ3v) is 5.21. The van der Waals surface area contributed by atoms with Gasteiger partial charge in [0, 0.05) is 53.4 Å². The molecule has 51 heavy (non-hydrogen) atoms. The van der Waals surface area contributed by atoms with E-state index < -0.39 is 29.8 Å². The number of anilines is 5. The van der Waals surface area contributed by atoms with Crippen molar-refractivity contribution in [3.8, 4) is 0 Å². The standard InChI is InChI=1S/5C6H6N2O2.Ta/c5*7-4-2-1-3-8-5(4)6(9)10;/h5*1-3H,7H2,(H,9,10);. The van der Waals surface area contributed by atoms with Crippen molar-refractivity contribution in [3.63, 3.8) is 0 Å². The summed E-state index contributed by atoms with van der Waals surface area (Å²) in [6.45, 7) is 0. The van der Waals surface area contributed by atoms with Crippen LogP contribution in [0, 0.1) is 0 Å². The van der Waals surface area contributed by atoms with E-state index in [-0.39, 0.29) is 79.3 Å². The van der Waals surface area contributed by atoms with E-state index in [4.69, 9.17) is 54.2 Å². The second-order valence-electron chi connectivity index (χ2n) is 8.73. The van der Waals surface area contributed by atoms with Crippen LogP contribution < -0.4 is 28.7 Å². The van der Waals surface area contributed by atoms with Gasteiger partial charge in [0.2, 0.25) is 0 Å². The molecule has 0 amide bonds. The van der Waals surface area contributed by atoms with E-state index >= 15 is 0 Å². The molecule has 1 radical (unpaired) electrons. The molecule has 0 unspecified atom stereocenters. The van der Waals surface area contributed by atoms with Crippen LogP contribution in [0.1, 0.15) is 52.4 Å². The van der Waals surface area contributed by atoms with Crippen LogP contribution in [-0.4, -0.2) is 80.3 Å². The third kappa shape index (κ3) is 15.5. The number of nitrogens with two attached hydrogens (primary N) is 5. The van der Waals surface area contributed by atoms with Crippen LogP contribution in [0.2, 0.25) is 0 Å². The van der Waals surface area contributed by atoms with Crippen LogP contribution >= 0.6 is 0 Å². The number of carbonyl (C=O) groups is 5. The molecular weight excluding hydrogens is 841 g/mol. The Hall–Kier alpha value is -7.16. The minimum Gasteiger partial charge on any atom is -0.476 e. The number of nitrogens with zero attached hydrogens (tertiary/aromatic N) is 5. The van der Waals surface area contributed by atoms with Gasteiger partial charge in [-0.1, -0.05) is 0 Å². The van der Waals surface area contributed by atoms with Gasteiger partial charge in [-0.3, -0.25) is 0 Å². The monoisotopic (exact) mass is 871 g/mol. The number of rotatable bonds is 5. The maximum Gasteiger partial charge on any atom is 0.356 e. The van der Waals surface area contributed by atoms with Crippen molar-refractivity contribution in [3.05, 3.63) is 120 Å². The van der Waals surface area contributed by atoms with Crippen molar-refractivity contribution in [2.75, 3.05) is 28.7 Å². The van der Waals surface area contributed by atoms with Gasteiger partial charge in [0.25, 0.3) is 0 Å². The summed E-state index contributed by atoms with van der Waals surface area (Å²) in [5.41, 5.74) is 26.9. The number of carboxylic acid groups (broad SMARTS) is 5. The summed E-state index contributed by atoms with van der Waals surface area (Å²) in [5.74, 6) is -5.49. The van der Waals surface area contributed by atoms with Crippen LogP contribution in [0.4, 0.5) is 28.4 Å². The van der Waals surface area contributed by atoms with Crippen LogP contribution in [0.25, 0.3) is 0 Å². The van der Waals surface area contributed by atoms with Gasteiger partial charge in [-0.25, -0.2) is 48.9 Å². The number of hydrogen-bond acceptors (Lipinski definition) is 15. The van der Waals surface area contributed by atoms with E-state index in [2.05, 4.69) is 24.9 Å². The van der Waals surface area contributed by atoms with Crippen LogP contribution in [0.5, 0.6) is 0 Å². The zero-order valence-corrected chi connectivity index (χ0v) is 29.2. The molecule has 0 aliphatic heterocycles. The van der Waals surface area contributed by atoms with Gasteiger partial charge in [0.05, 0.1) is 28.4 Å². The maximum atomic E-state index is 10.3. The molecule has 0 saturated heterocycles. The summed E-state index contributed by atoms with van der Waals surface area (Å²) in [6.07, 6.45) is 6.94. The van der Waals surface area contributed by atoms with Gasteiger partial charge in [0.15, 0.2) is 28.5 Å². The van der Waals surface area contributed by atoms with E-state index in [0.717, 1.165) is 0 Å². The van der Waals surface area contributed by atoms with Gasteiger partial charge in [-0.05, 0) is 60.7 Å². The minimum atomic E-state index is -1.10. The Labute approximate surface area is 303 Å². The molecule has 15 N–H and O–H groups in total. The van der Waals surface area contributed by atoms with E-state index in [0.29, 0.717) is 0 Å². The summed E-state index contributed by atoms with van der Waals surface area (Å²) in [6, 6.07) is 15.4. The first kappa shape index (κ1) is 43.8. The molecule has 5 aromatic heterocycles. The van der Waals surface area contributed by atoms with Crippen molar-refractivity contribution in [1.82, 2.24) is 24.9 Å². The minimum absolute atomic E-state index is 0. The second kappa shape index (κ2) is 22.4. The second-order valence-corrected chi connectivity index (χ2v) is 8.73. The maximum absolute atomic E-state index is 10.3. The van der Waals surface area contributed by atoms with Crippen LogP contribution in [0.15, 0.2) is 91.6 Å². The van der Waals surface area contributed by atoms with E-state index in [1.54, 1.807) is 30.3 Å². The average molecular weight is 872 g/mol. The normalized spacial score (nSPS) is 9.02. The molecule has 0 bridgehead atoms. The number of aromatic carboxylic acids is 5. The van der Waals surface area contributed by atoms with Gasteiger partial charge in [0.1, 0.15) is 0 Å². The first-order chi connectivity index (χ1) is 23.6. The van der Waals surface area contributed by atoms with Crippen molar-refractivity contribution in [2.24, 2.45) is 0 Å². The molecule has 5 aromatic rings. The largest absolute Gasteiger partial charge is 0.476 e. The SMILES string of the molecule is Nc1cccnc1C(=O)O.Nc1cccnc1C(=O)O.Nc1cccnc1C(=O)O.Nc1cccnc1C(=O)O.Nc1cccnc1C(=O)O.[Ta]. The van der Waals surface area contributed by atoms with E-state index in [9.17, 15) is 24.0 Å². The zero-order valence-electron chi connectivity index (χ0n) is 26.0. The Morgan fingerprint density at radius 2 is 0.490 bits per heavy atom. The molecule has 20 nitrogen and oxygen atoms in total. The number of pyridine rings is 5. The summed E-state index contributed by atoms with van der Waals surface area (Å²) >= 11 is 0. The first-order valence-corrected chi connectivity index (χ1v) is 13.3. The Morgan fingerprint density at radius 1 is 0.353 bits per heavy atom. The van der Waals surface area contributed by atoms with Crippen LogP contribution in [0.3, 0.4) is 0 Å². The summed E-state index contributed by atoms with van der Waals surface area (Å²) in [7, 11) is 0. The van der Waals surface area contributed by atoms with Crippen molar-refractivity contribution in [1.29, 1.82) is 0 Å². The number of hydrogen-bond donors (Lipinski definition) is 10. The van der Waals surface area contributed by atoms with Gasteiger partial charge < -0.3 is 54.2 Å². The van der Waals surface area contributed by atoms with E-state index in [1.165, 1.54) is 61.3 Å². The van der Waals surface area contributed by atoms with Crippen LogP contribution in [-0.2, 0) is 22.4 Å². The molecule has 0 saturated carbocycles. The predicted octanol–water partition coefficient (Wildman–Crippen LogP) is 1.81. The third-order valence-electron chi connectivity index (χ3n) is 5.21. The van der Waals surface area contributed by atoms with Crippen molar-refractivity contribution < 1.29 is 71.9 Å². The van der Waals surface area contributed by atoms with E-state index in [1.807, 2.05) is 0 Å². The molecule has 0 aliphatic rings. The Bertz CT molecular complexity index is 1630. The molecule has 0 atom stereocenters. The summed E-state index contributed by atoms with van der Waals surface area (Å²) in [5, 5.41) is 42.1. The topological polar surface area (TPSA) is 381 Å². The number of nitrogen functional groups attached to an aromatic ring is 5. The van der Waals surface area contributed by atoms with Gasteiger partial charge in [-0.2, -0.15) is 0 Å². The average Bonchev–Trinajstić information content (AvgIpc) is 3.06. The molecule has 5 heterocycles. The Morgan fingerprint density at radius 3 is 0.569 bits per heavy atom. The fourth-order valence-corrected chi connectivity index (χ4v) is 2.98. The van der Waals surface area contributed by atoms with Gasteiger partial charge >= 0.3 is 29.8 Å². The fourth-order valence-electron chi connectivity index (χ4n) is 2.98. The Kier molecular flexibility index (Phi) is 19.3. The molecule has 0 fully saturated rings. The molecule has 5 rings (SSSR count). The molecule has 0 aromatic carbocycles. The summed E-state index contributed by atoms with van der Waals surface area (Å²) in [4.78, 5) is 69.2. The molecule has 21 heteroatoms. The predicted molar refractivity (Wildman–Crippen MR) is 178 cm³/mol. The zero-order chi connectivity index (χ0) is 37.8. The summed E-state index contributed by atoms with van der Waals surface area (Å²) < 4.78 is 0. The number of aromatic nitrogens is 5. The fraction of sp³-hybridized carbons (Fsp3) is 0. The Balaban J connectivity index is 0.000000610. The van der Waals surface area contributed by atoms with Crippen molar-refractivity contribution in [2.45, 2.75) is 0 Å². The van der Waals surface area contributed by atoms with Gasteiger partial charge in [-0.15, -0.1) is 0 Å². The molecule has 0 spiro atoms. The number of carboxylic acids is 5. The molecule has 265 valence electrons.